The number of carbonyl (C=O) groups is 1. The monoisotopic (exact) mass is 185 g/mol. The van der Waals surface area contributed by atoms with Crippen molar-refractivity contribution < 1.29 is 9.53 Å². The summed E-state index contributed by atoms with van der Waals surface area (Å²) in [5.41, 5.74) is 0.554. The van der Waals surface area contributed by atoms with Crippen molar-refractivity contribution in [3.05, 3.63) is 55.1 Å². The molecule has 2 aromatic carbocycles. The number of ether oxygens (including phenoxy) is 1. The highest BCUT2D eigenvalue weighted by atomic mass is 16.5. The average Bonchev–Trinajstić information content (AvgIpc) is 2.27. The highest BCUT2D eigenvalue weighted by Gasteiger charge is 2.08. The van der Waals surface area contributed by atoms with E-state index in [1.165, 1.54) is 0 Å². The van der Waals surface area contributed by atoms with Crippen LogP contribution in [-0.4, -0.2) is 5.97 Å². The second kappa shape index (κ2) is 3.50. The van der Waals surface area contributed by atoms with Crippen LogP contribution < -0.4 is 0 Å². The summed E-state index contributed by atoms with van der Waals surface area (Å²) in [7, 11) is 3.12. The highest BCUT2D eigenvalue weighted by molar-refractivity contribution is 6.04. The van der Waals surface area contributed by atoms with Gasteiger partial charge in [0.25, 0.3) is 0 Å². The van der Waals surface area contributed by atoms with E-state index in [0.29, 0.717) is 5.56 Å². The van der Waals surface area contributed by atoms with Crippen LogP contribution in [0.3, 0.4) is 0 Å². The van der Waals surface area contributed by atoms with Crippen molar-refractivity contribution in [1.82, 2.24) is 0 Å². The van der Waals surface area contributed by atoms with Gasteiger partial charge in [0.15, 0.2) is 0 Å². The third-order valence-electron chi connectivity index (χ3n) is 2.14. The summed E-state index contributed by atoms with van der Waals surface area (Å²) in [5, 5.41) is 1.92. The average molecular weight is 185 g/mol. The molecule has 0 bridgehead atoms. The number of esters is 1. The Kier molecular flexibility index (Phi) is 2.19. The Bertz CT molecular complexity index is 469. The Labute approximate surface area is 82.1 Å². The van der Waals surface area contributed by atoms with Crippen molar-refractivity contribution in [2.75, 3.05) is 0 Å². The molecule has 0 aromatic heterocycles. The number of hydrogen-bond donors (Lipinski definition) is 0. The van der Waals surface area contributed by atoms with E-state index in [0.717, 1.165) is 10.8 Å². The Balaban J connectivity index is 2.71. The zero-order chi connectivity index (χ0) is 9.97. The van der Waals surface area contributed by atoms with Crippen LogP contribution in [0.5, 0.6) is 0 Å². The Morgan fingerprint density at radius 2 is 1.79 bits per heavy atom. The molecule has 2 heteroatoms. The molecule has 2 aromatic rings. The summed E-state index contributed by atoms with van der Waals surface area (Å²) in [6, 6.07) is 13.2. The smallest absolute Gasteiger partial charge is 0.338 e. The molecule has 0 saturated carbocycles. The molecule has 0 fully saturated rings. The molecule has 1 radical (unpaired) electrons. The molecule has 0 spiro atoms. The van der Waals surface area contributed by atoms with Gasteiger partial charge in [-0.25, -0.2) is 4.79 Å². The second-order valence-electron chi connectivity index (χ2n) is 2.96. The minimum absolute atomic E-state index is 0.401. The number of rotatable bonds is 1. The molecule has 0 amide bonds. The molecule has 0 unspecified atom stereocenters. The van der Waals surface area contributed by atoms with Crippen LogP contribution in [0.2, 0.25) is 0 Å². The zero-order valence-electron chi connectivity index (χ0n) is 7.57. The number of benzene rings is 2. The predicted octanol–water partition coefficient (Wildman–Crippen LogP) is 2.79. The molecule has 2 nitrogen and oxygen atoms in total. The fraction of sp³-hybridized carbons (Fsp3) is 0. The maximum atomic E-state index is 11.3. The molecular formula is C12H9O2. The molecule has 2 rings (SSSR count). The summed E-state index contributed by atoms with van der Waals surface area (Å²) in [6.07, 6.45) is 0. The molecule has 0 heterocycles. The summed E-state index contributed by atoms with van der Waals surface area (Å²) in [4.78, 5) is 11.3. The van der Waals surface area contributed by atoms with Crippen LogP contribution in [-0.2, 0) is 4.74 Å². The van der Waals surface area contributed by atoms with Crippen molar-refractivity contribution in [2.24, 2.45) is 0 Å². The van der Waals surface area contributed by atoms with Crippen molar-refractivity contribution in [1.29, 1.82) is 0 Å². The maximum Gasteiger partial charge on any atom is 0.338 e. The van der Waals surface area contributed by atoms with Gasteiger partial charge in [-0.1, -0.05) is 36.4 Å². The van der Waals surface area contributed by atoms with Crippen LogP contribution in [0.25, 0.3) is 10.8 Å². The van der Waals surface area contributed by atoms with Gasteiger partial charge in [-0.3, -0.25) is 0 Å². The van der Waals surface area contributed by atoms with Gasteiger partial charge in [0, 0.05) is 0 Å². The Morgan fingerprint density at radius 1 is 1.07 bits per heavy atom. The lowest BCUT2D eigenvalue weighted by Gasteiger charge is -2.03. The van der Waals surface area contributed by atoms with E-state index in [-0.39, 0.29) is 0 Å². The SMILES string of the molecule is [CH2]OC(=O)c1cccc2ccccc12. The van der Waals surface area contributed by atoms with Crippen LogP contribution in [0, 0.1) is 7.11 Å². The van der Waals surface area contributed by atoms with Crippen LogP contribution in [0.1, 0.15) is 10.4 Å². The fourth-order valence-electron chi connectivity index (χ4n) is 1.48. The van der Waals surface area contributed by atoms with Crippen LogP contribution in [0.15, 0.2) is 42.5 Å². The molecule has 69 valence electrons. The molecule has 14 heavy (non-hydrogen) atoms. The summed E-state index contributed by atoms with van der Waals surface area (Å²) in [6.45, 7) is 0. The summed E-state index contributed by atoms with van der Waals surface area (Å²) >= 11 is 0. The predicted molar refractivity (Wildman–Crippen MR) is 54.7 cm³/mol. The Morgan fingerprint density at radius 3 is 2.57 bits per heavy atom. The van der Waals surface area contributed by atoms with E-state index in [9.17, 15) is 4.79 Å². The Hall–Kier alpha value is -1.83. The van der Waals surface area contributed by atoms with Crippen LogP contribution in [0.4, 0.5) is 0 Å². The lowest BCUT2D eigenvalue weighted by atomic mass is 10.1. The normalized spacial score (nSPS) is 10.1. The first kappa shape index (κ1) is 8.75. The lowest BCUT2D eigenvalue weighted by molar-refractivity contribution is 0.0656. The largest absolute Gasteiger partial charge is 0.458 e. The van der Waals surface area contributed by atoms with Crippen LogP contribution >= 0.6 is 0 Å². The number of hydrogen-bond acceptors (Lipinski definition) is 2. The fourth-order valence-corrected chi connectivity index (χ4v) is 1.48. The molecule has 0 aliphatic rings. The quantitative estimate of drug-likeness (QED) is 0.638. The van der Waals surface area contributed by atoms with Gasteiger partial charge in [-0.05, 0) is 16.8 Å². The second-order valence-corrected chi connectivity index (χ2v) is 2.96. The first-order valence-electron chi connectivity index (χ1n) is 4.27. The highest BCUT2D eigenvalue weighted by Crippen LogP contribution is 2.18. The number of fused-ring (bicyclic) bond motifs is 1. The number of carbonyl (C=O) groups excluding carboxylic acids is 1. The van der Waals surface area contributed by atoms with Crippen molar-refractivity contribution in [2.45, 2.75) is 0 Å². The maximum absolute atomic E-state index is 11.3. The minimum Gasteiger partial charge on any atom is -0.458 e. The van der Waals surface area contributed by atoms with E-state index >= 15 is 0 Å². The van der Waals surface area contributed by atoms with Gasteiger partial charge in [0.1, 0.15) is 7.11 Å². The van der Waals surface area contributed by atoms with Gasteiger partial charge in [0.05, 0.1) is 5.56 Å². The van der Waals surface area contributed by atoms with Gasteiger partial charge >= 0.3 is 5.97 Å². The third-order valence-corrected chi connectivity index (χ3v) is 2.14. The van der Waals surface area contributed by atoms with E-state index < -0.39 is 5.97 Å². The van der Waals surface area contributed by atoms with Gasteiger partial charge in [0.2, 0.25) is 0 Å². The topological polar surface area (TPSA) is 26.3 Å². The van der Waals surface area contributed by atoms with Crippen molar-refractivity contribution in [3.8, 4) is 0 Å². The van der Waals surface area contributed by atoms with E-state index in [1.807, 2.05) is 36.4 Å². The first-order valence-corrected chi connectivity index (χ1v) is 4.27. The van der Waals surface area contributed by atoms with Gasteiger partial charge < -0.3 is 4.74 Å². The molecule has 0 aliphatic carbocycles. The standard InChI is InChI=1S/C12H9O2/c1-14-12(13)11-8-4-6-9-5-2-3-7-10(9)11/h2-8H,1H2. The molecule has 0 N–H and O–H groups in total. The third kappa shape index (κ3) is 1.35. The summed E-state index contributed by atoms with van der Waals surface area (Å²) in [5.74, 6) is -0.401. The van der Waals surface area contributed by atoms with Gasteiger partial charge in [-0.15, -0.1) is 0 Å². The summed E-state index contributed by atoms with van der Waals surface area (Å²) < 4.78 is 4.46. The first-order chi connectivity index (χ1) is 6.83. The van der Waals surface area contributed by atoms with E-state index in [2.05, 4.69) is 11.8 Å². The lowest BCUT2D eigenvalue weighted by Crippen LogP contribution is -2.00. The van der Waals surface area contributed by atoms with Crippen molar-refractivity contribution >= 4 is 16.7 Å². The molecular weight excluding hydrogens is 176 g/mol. The van der Waals surface area contributed by atoms with Crippen molar-refractivity contribution in [3.63, 3.8) is 0 Å². The van der Waals surface area contributed by atoms with Gasteiger partial charge in [-0.2, -0.15) is 0 Å². The minimum atomic E-state index is -0.401. The molecule has 0 aliphatic heterocycles. The zero-order valence-corrected chi connectivity index (χ0v) is 7.57. The van der Waals surface area contributed by atoms with E-state index in [4.69, 9.17) is 0 Å². The van der Waals surface area contributed by atoms with E-state index in [1.54, 1.807) is 6.07 Å². The molecule has 0 saturated heterocycles. The molecule has 0 atom stereocenters.